The van der Waals surface area contributed by atoms with Crippen molar-refractivity contribution in [3.63, 3.8) is 0 Å². The van der Waals surface area contributed by atoms with Crippen LogP contribution in [0.2, 0.25) is 0 Å². The third kappa shape index (κ3) is 11.6. The zero-order valence-corrected chi connectivity index (χ0v) is 63.6. The van der Waals surface area contributed by atoms with Crippen molar-refractivity contribution < 1.29 is 4.42 Å². The van der Waals surface area contributed by atoms with Gasteiger partial charge in [0.25, 0.3) is 6.71 Å². The lowest BCUT2D eigenvalue weighted by atomic mass is 9.33. The number of hydrogen-bond donors (Lipinski definition) is 0. The van der Waals surface area contributed by atoms with Crippen LogP contribution in [0.1, 0.15) is 163 Å². The molecule has 1 unspecified atom stereocenters. The maximum atomic E-state index is 7.39. The van der Waals surface area contributed by atoms with E-state index < -0.39 is 0 Å². The number of hydrogen-bond acceptors (Lipinski definition) is 3. The van der Waals surface area contributed by atoms with E-state index in [1.54, 1.807) is 0 Å². The van der Waals surface area contributed by atoms with Gasteiger partial charge in [0.05, 0.1) is 22.4 Å². The van der Waals surface area contributed by atoms with Crippen LogP contribution in [0.5, 0.6) is 0 Å². The molecule has 0 N–H and O–H groups in total. The summed E-state index contributed by atoms with van der Waals surface area (Å²) in [6.45, 7) is 42.1. The molecule has 0 bridgehead atoms. The monoisotopic (exact) mass is 1340 g/mol. The zero-order chi connectivity index (χ0) is 72.1. The molecule has 0 saturated heterocycles. The minimum Gasteiger partial charge on any atom is -0.454 e. The number of benzene rings is 12. The highest BCUT2D eigenvalue weighted by Crippen LogP contribution is 2.54. The molecule has 103 heavy (non-hydrogen) atoms. The van der Waals surface area contributed by atoms with E-state index in [0.29, 0.717) is 0 Å². The van der Waals surface area contributed by atoms with Gasteiger partial charge in [-0.2, -0.15) is 0 Å². The smallest absolute Gasteiger partial charge is 0.252 e. The predicted octanol–water partition coefficient (Wildman–Crippen LogP) is 25.6. The maximum absolute atomic E-state index is 7.39. The number of nitrogens with zero attached hydrogens (tertiary/aromatic N) is 3. The maximum Gasteiger partial charge on any atom is 0.252 e. The first-order valence-corrected chi connectivity index (χ1v) is 37.2. The highest BCUT2D eigenvalue weighted by Gasteiger charge is 2.46. The topological polar surface area (TPSA) is 24.6 Å². The van der Waals surface area contributed by atoms with E-state index in [0.717, 1.165) is 66.8 Å². The fraction of sp³-hybridized carbons (Fsp3) is 0.245. The van der Waals surface area contributed by atoms with Crippen molar-refractivity contribution in [2.45, 2.75) is 158 Å². The third-order valence-electron chi connectivity index (χ3n) is 22.3. The Hall–Kier alpha value is -10.4. The number of aryl methyl sites for hydroxylation is 1. The standard InChI is InChI=1S/C98H96BN3O/c1-60-31-30-38-66(47-60)74-59-84-78(58-80(74)98(16,17)18)77-53-69(94(4,5)6)43-46-83(77)101(84)89-52-67(49-79-73-39-28-29-40-90(73)103-93(79)89)68-50-87-91-88(51-68)102(92-75(64-34-24-20-25-35-64)54-72(97(13,14)15)55-76(92)65-36-26-21-27-37-65)86-57-71(96(10,11)12)42-45-82(86)99(91)81-44-41-70(95(7,8)9)56-85(81)100(87)62(3)48-61(2)63-32-22-19-23-33-63/h19-59,61H,1-18H3. The van der Waals surface area contributed by atoms with E-state index in [1.807, 2.05) is 0 Å². The van der Waals surface area contributed by atoms with E-state index in [4.69, 9.17) is 4.42 Å². The van der Waals surface area contributed by atoms with Crippen molar-refractivity contribution in [1.29, 1.82) is 0 Å². The van der Waals surface area contributed by atoms with E-state index in [1.165, 1.54) is 117 Å². The Labute approximate surface area is 611 Å². The number of para-hydroxylation sites is 1. The first-order chi connectivity index (χ1) is 49.0. The number of allylic oxidation sites excluding steroid dienone is 2. The van der Waals surface area contributed by atoms with Gasteiger partial charge >= 0.3 is 0 Å². The van der Waals surface area contributed by atoms with Gasteiger partial charge in [0.2, 0.25) is 0 Å². The van der Waals surface area contributed by atoms with Crippen molar-refractivity contribution >= 4 is 95.3 Å². The minimum absolute atomic E-state index is 0.0917. The Kier molecular flexibility index (Phi) is 15.9. The SMILES string of the molecule is CC(=CC(C)c1ccccc1)N1c2cc(C(C)(C)C)ccc2B2c3ccc(C(C)(C)C)cc3N(c3c(-c4ccccc4)cc(C(C)(C)C)cc3-c3ccccc3)c3cc(-c4cc(-n5c6ccc(C(C)(C)C)cc6c6cc(C(C)(C)C)c(-c7cccc(C)c7)cc65)c5oc6ccccc6c5c4)cc1c32. The van der Waals surface area contributed by atoms with Crippen LogP contribution in [0.25, 0.3) is 93.9 Å². The molecule has 16 rings (SSSR count). The van der Waals surface area contributed by atoms with Crippen LogP contribution >= 0.6 is 0 Å². The number of rotatable bonds is 9. The summed E-state index contributed by atoms with van der Waals surface area (Å²) in [6, 6.07) is 93.4. The quantitative estimate of drug-likeness (QED) is 0.135. The molecule has 1 atom stereocenters. The molecule has 5 heteroatoms. The van der Waals surface area contributed by atoms with Crippen molar-refractivity contribution in [2.75, 3.05) is 9.80 Å². The summed E-state index contributed by atoms with van der Waals surface area (Å²) in [4.78, 5) is 5.38. The lowest BCUT2D eigenvalue weighted by molar-refractivity contribution is 0.590. The third-order valence-corrected chi connectivity index (χ3v) is 22.3. The number of anilines is 5. The average molecular weight is 1340 g/mol. The molecular formula is C98H96BN3O. The molecule has 0 saturated carbocycles. The lowest BCUT2D eigenvalue weighted by Gasteiger charge is -2.46. The molecule has 14 aromatic rings. The first-order valence-electron chi connectivity index (χ1n) is 37.2. The summed E-state index contributed by atoms with van der Waals surface area (Å²) >= 11 is 0. The van der Waals surface area contributed by atoms with Gasteiger partial charge in [0, 0.05) is 67.0 Å². The fourth-order valence-electron chi connectivity index (χ4n) is 16.6. The van der Waals surface area contributed by atoms with Crippen molar-refractivity contribution in [3.8, 4) is 50.2 Å². The first kappa shape index (κ1) is 67.2. The van der Waals surface area contributed by atoms with Gasteiger partial charge < -0.3 is 18.8 Å². The van der Waals surface area contributed by atoms with Crippen LogP contribution in [0.3, 0.4) is 0 Å². The van der Waals surface area contributed by atoms with Gasteiger partial charge in [-0.25, -0.2) is 0 Å². The van der Waals surface area contributed by atoms with Gasteiger partial charge in [-0.3, -0.25) is 0 Å². The second-order valence-corrected chi connectivity index (χ2v) is 34.8. The molecule has 12 aromatic carbocycles. The number of furan rings is 1. The highest BCUT2D eigenvalue weighted by molar-refractivity contribution is 7.00. The Morgan fingerprint density at radius 1 is 0.388 bits per heavy atom. The Morgan fingerprint density at radius 2 is 0.913 bits per heavy atom. The second-order valence-electron chi connectivity index (χ2n) is 34.8. The normalized spacial score (nSPS) is 13.9. The average Bonchev–Trinajstić information content (AvgIpc) is 1.15. The molecule has 4 heterocycles. The Morgan fingerprint density at radius 3 is 1.52 bits per heavy atom. The van der Waals surface area contributed by atoms with Gasteiger partial charge in [-0.15, -0.1) is 0 Å². The van der Waals surface area contributed by atoms with E-state index in [2.05, 4.69) is 388 Å². The Bertz CT molecular complexity index is 5690. The largest absolute Gasteiger partial charge is 0.454 e. The van der Waals surface area contributed by atoms with Crippen LogP contribution in [-0.4, -0.2) is 11.3 Å². The molecule has 512 valence electrons. The molecule has 0 radical (unpaired) electrons. The van der Waals surface area contributed by atoms with Crippen molar-refractivity contribution in [3.05, 3.63) is 293 Å². The Balaban J connectivity index is 1.09. The number of fused-ring (bicyclic) bond motifs is 10. The van der Waals surface area contributed by atoms with Crippen LogP contribution in [0.4, 0.5) is 28.4 Å². The van der Waals surface area contributed by atoms with Crippen LogP contribution < -0.4 is 26.2 Å². The van der Waals surface area contributed by atoms with Crippen LogP contribution in [0, 0.1) is 6.92 Å². The van der Waals surface area contributed by atoms with Gasteiger partial charge in [-0.1, -0.05) is 286 Å². The van der Waals surface area contributed by atoms with Gasteiger partial charge in [0.1, 0.15) is 5.58 Å². The summed E-state index contributed by atoms with van der Waals surface area (Å²) in [5, 5.41) is 4.59. The minimum atomic E-state index is -0.179. The van der Waals surface area contributed by atoms with Crippen LogP contribution in [0.15, 0.2) is 259 Å². The second kappa shape index (κ2) is 24.4. The summed E-state index contributed by atoms with van der Waals surface area (Å²) < 4.78 is 9.94. The molecule has 0 aliphatic carbocycles. The summed E-state index contributed by atoms with van der Waals surface area (Å²) in [5.74, 6) is 0.111. The molecule has 2 aromatic heterocycles. The molecule has 2 aliphatic heterocycles. The summed E-state index contributed by atoms with van der Waals surface area (Å²) in [5.41, 5.74) is 33.4. The zero-order valence-electron chi connectivity index (χ0n) is 63.6. The van der Waals surface area contributed by atoms with Crippen LogP contribution in [-0.2, 0) is 27.1 Å². The van der Waals surface area contributed by atoms with Gasteiger partial charge in [0.15, 0.2) is 5.58 Å². The molecule has 0 spiro atoms. The van der Waals surface area contributed by atoms with E-state index in [-0.39, 0.29) is 39.7 Å². The van der Waals surface area contributed by atoms with Crippen molar-refractivity contribution in [1.82, 2.24) is 4.57 Å². The molecular weight excluding hydrogens is 1250 g/mol. The van der Waals surface area contributed by atoms with E-state index >= 15 is 0 Å². The van der Waals surface area contributed by atoms with E-state index in [9.17, 15) is 0 Å². The predicted molar refractivity (Wildman–Crippen MR) is 445 cm³/mol. The molecule has 0 fully saturated rings. The summed E-state index contributed by atoms with van der Waals surface area (Å²) in [7, 11) is 0. The van der Waals surface area contributed by atoms with Gasteiger partial charge in [-0.05, 0) is 203 Å². The lowest BCUT2D eigenvalue weighted by Crippen LogP contribution is -2.62. The fourth-order valence-corrected chi connectivity index (χ4v) is 16.6. The molecule has 0 amide bonds. The highest BCUT2D eigenvalue weighted by atomic mass is 16.3. The summed E-state index contributed by atoms with van der Waals surface area (Å²) in [6.07, 6.45) is 2.50. The molecule has 2 aliphatic rings. The number of aromatic nitrogens is 1. The van der Waals surface area contributed by atoms with Crippen molar-refractivity contribution in [2.24, 2.45) is 0 Å². The molecule has 4 nitrogen and oxygen atoms in total.